The Morgan fingerprint density at radius 1 is 1.00 bits per heavy atom. The zero-order valence-corrected chi connectivity index (χ0v) is 17.9. The first-order valence-corrected chi connectivity index (χ1v) is 10.9. The van der Waals surface area contributed by atoms with Crippen molar-refractivity contribution in [2.45, 2.75) is 18.4 Å². The molecule has 0 unspecified atom stereocenters. The number of hydrogen-bond donors (Lipinski definition) is 1. The number of aryl methyl sites for hydroxylation is 1. The Labute approximate surface area is 181 Å². The van der Waals surface area contributed by atoms with Crippen LogP contribution in [-0.4, -0.2) is 31.9 Å². The largest absolute Gasteiger partial charge is 0.271 e. The smallest absolute Gasteiger partial charge is 0.267 e. The summed E-state index contributed by atoms with van der Waals surface area (Å²) in [6, 6.07) is 19.0. The molecule has 0 atom stereocenters. The van der Waals surface area contributed by atoms with Crippen molar-refractivity contribution in [2.75, 3.05) is 7.05 Å². The molecule has 31 heavy (non-hydrogen) atoms. The number of nitrogens with one attached hydrogen (secondary N) is 1. The van der Waals surface area contributed by atoms with Crippen LogP contribution in [0.5, 0.6) is 0 Å². The van der Waals surface area contributed by atoms with Gasteiger partial charge in [-0.05, 0) is 54.4 Å². The molecule has 8 heteroatoms. The molecule has 0 aromatic heterocycles. The van der Waals surface area contributed by atoms with Gasteiger partial charge in [0.05, 0.1) is 11.1 Å². The average Bonchev–Trinajstić information content (AvgIpc) is 2.76. The molecule has 0 heterocycles. The van der Waals surface area contributed by atoms with Gasteiger partial charge in [-0.3, -0.25) is 4.79 Å². The molecule has 0 bridgehead atoms. The summed E-state index contributed by atoms with van der Waals surface area (Å²) >= 11 is 0. The minimum Gasteiger partial charge on any atom is -0.267 e. The second-order valence-corrected chi connectivity index (χ2v) is 9.07. The zero-order chi connectivity index (χ0) is 22.4. The number of benzene rings is 3. The summed E-state index contributed by atoms with van der Waals surface area (Å²) in [6.07, 6.45) is 1.41. The van der Waals surface area contributed by atoms with Gasteiger partial charge in [-0.1, -0.05) is 42.0 Å². The average molecular weight is 440 g/mol. The third kappa shape index (κ3) is 5.84. The predicted molar refractivity (Wildman–Crippen MR) is 118 cm³/mol. The Morgan fingerprint density at radius 2 is 1.61 bits per heavy atom. The van der Waals surface area contributed by atoms with Crippen LogP contribution in [0.2, 0.25) is 0 Å². The highest BCUT2D eigenvalue weighted by molar-refractivity contribution is 7.89. The number of amides is 1. The van der Waals surface area contributed by atoms with Gasteiger partial charge in [0.2, 0.25) is 10.0 Å². The van der Waals surface area contributed by atoms with E-state index in [2.05, 4.69) is 10.5 Å². The van der Waals surface area contributed by atoms with E-state index in [1.54, 1.807) is 60.7 Å². The Bertz CT molecular complexity index is 1170. The van der Waals surface area contributed by atoms with Crippen molar-refractivity contribution in [2.24, 2.45) is 5.10 Å². The number of halogens is 1. The van der Waals surface area contributed by atoms with Crippen molar-refractivity contribution in [1.29, 1.82) is 0 Å². The van der Waals surface area contributed by atoms with Crippen LogP contribution in [0.25, 0.3) is 0 Å². The highest BCUT2D eigenvalue weighted by Crippen LogP contribution is 2.17. The summed E-state index contributed by atoms with van der Waals surface area (Å²) in [6.45, 7) is 2.06. The van der Waals surface area contributed by atoms with Crippen molar-refractivity contribution in [3.8, 4) is 0 Å². The molecule has 0 spiro atoms. The van der Waals surface area contributed by atoms with Crippen LogP contribution in [0.3, 0.4) is 0 Å². The molecule has 0 aliphatic carbocycles. The van der Waals surface area contributed by atoms with Gasteiger partial charge in [-0.25, -0.2) is 18.2 Å². The quantitative estimate of drug-likeness (QED) is 0.450. The van der Waals surface area contributed by atoms with Crippen LogP contribution < -0.4 is 5.43 Å². The Balaban J connectivity index is 1.60. The molecule has 1 N–H and O–H groups in total. The Hall–Kier alpha value is -3.36. The molecule has 0 aliphatic rings. The van der Waals surface area contributed by atoms with E-state index in [1.165, 1.54) is 29.7 Å². The molecule has 3 aromatic carbocycles. The van der Waals surface area contributed by atoms with Gasteiger partial charge in [0, 0.05) is 19.2 Å². The minimum absolute atomic E-state index is 0.167. The fourth-order valence-corrected chi connectivity index (χ4v) is 3.93. The number of carbonyl (C=O) groups excluding carboxylic acids is 1. The van der Waals surface area contributed by atoms with E-state index < -0.39 is 15.9 Å². The molecule has 1 amide bonds. The van der Waals surface area contributed by atoms with Crippen LogP contribution >= 0.6 is 0 Å². The van der Waals surface area contributed by atoms with Gasteiger partial charge in [-0.2, -0.15) is 9.41 Å². The van der Waals surface area contributed by atoms with Gasteiger partial charge in [-0.15, -0.1) is 0 Å². The van der Waals surface area contributed by atoms with Gasteiger partial charge in [0.1, 0.15) is 5.82 Å². The number of hydrazone groups is 1. The summed E-state index contributed by atoms with van der Waals surface area (Å²) in [5, 5.41) is 3.86. The second-order valence-electron chi connectivity index (χ2n) is 7.02. The van der Waals surface area contributed by atoms with E-state index in [0.717, 1.165) is 11.1 Å². The van der Waals surface area contributed by atoms with Crippen LogP contribution in [-0.2, 0) is 16.6 Å². The van der Waals surface area contributed by atoms with Gasteiger partial charge >= 0.3 is 0 Å². The highest BCUT2D eigenvalue weighted by Gasteiger charge is 2.20. The van der Waals surface area contributed by atoms with Crippen molar-refractivity contribution in [1.82, 2.24) is 9.73 Å². The van der Waals surface area contributed by atoms with Crippen LogP contribution in [0.4, 0.5) is 4.39 Å². The number of carbonyl (C=O) groups is 1. The fourth-order valence-electron chi connectivity index (χ4n) is 2.77. The summed E-state index contributed by atoms with van der Waals surface area (Å²) in [5.74, 6) is -0.760. The van der Waals surface area contributed by atoms with E-state index >= 15 is 0 Å². The van der Waals surface area contributed by atoms with Crippen molar-refractivity contribution >= 4 is 22.1 Å². The lowest BCUT2D eigenvalue weighted by molar-refractivity contribution is 0.0955. The molecule has 0 radical (unpaired) electrons. The number of hydrogen-bond acceptors (Lipinski definition) is 4. The van der Waals surface area contributed by atoms with E-state index in [9.17, 15) is 17.6 Å². The van der Waals surface area contributed by atoms with E-state index in [4.69, 9.17) is 0 Å². The fraction of sp³-hybridized carbons (Fsp3) is 0.130. The van der Waals surface area contributed by atoms with Crippen molar-refractivity contribution < 1.29 is 17.6 Å². The van der Waals surface area contributed by atoms with Gasteiger partial charge in [0.25, 0.3) is 5.91 Å². The molecule has 0 fully saturated rings. The molecule has 0 saturated carbocycles. The van der Waals surface area contributed by atoms with Gasteiger partial charge in [0.15, 0.2) is 0 Å². The van der Waals surface area contributed by atoms with Crippen molar-refractivity contribution in [3.05, 3.63) is 101 Å². The van der Waals surface area contributed by atoms with Crippen molar-refractivity contribution in [3.63, 3.8) is 0 Å². The van der Waals surface area contributed by atoms with Crippen LogP contribution in [0, 0.1) is 12.7 Å². The summed E-state index contributed by atoms with van der Waals surface area (Å²) in [5.41, 5.74) is 5.15. The summed E-state index contributed by atoms with van der Waals surface area (Å²) in [4.78, 5) is 12.4. The zero-order valence-electron chi connectivity index (χ0n) is 17.1. The minimum atomic E-state index is -3.61. The molecule has 3 aromatic rings. The first-order chi connectivity index (χ1) is 14.8. The molecular formula is C23H22FN3O3S. The summed E-state index contributed by atoms with van der Waals surface area (Å²) < 4.78 is 39.6. The van der Waals surface area contributed by atoms with E-state index in [0.29, 0.717) is 11.1 Å². The second kappa shape index (κ2) is 9.63. The monoisotopic (exact) mass is 439 g/mol. The van der Waals surface area contributed by atoms with Crippen LogP contribution in [0.1, 0.15) is 27.0 Å². The number of sulfonamides is 1. The summed E-state index contributed by atoms with van der Waals surface area (Å²) in [7, 11) is -2.10. The maximum Gasteiger partial charge on any atom is 0.271 e. The number of rotatable bonds is 7. The Kier molecular flexibility index (Phi) is 6.94. The van der Waals surface area contributed by atoms with Gasteiger partial charge < -0.3 is 0 Å². The first-order valence-electron chi connectivity index (χ1n) is 9.46. The van der Waals surface area contributed by atoms with Crippen LogP contribution in [0.15, 0.2) is 82.8 Å². The normalized spacial score (nSPS) is 11.7. The van der Waals surface area contributed by atoms with E-state index in [-0.39, 0.29) is 17.3 Å². The topological polar surface area (TPSA) is 78.8 Å². The highest BCUT2D eigenvalue weighted by atomic mass is 32.2. The molecule has 6 nitrogen and oxygen atoms in total. The lowest BCUT2D eigenvalue weighted by Crippen LogP contribution is -2.26. The number of nitrogens with zero attached hydrogens (tertiary/aromatic N) is 2. The lowest BCUT2D eigenvalue weighted by atomic mass is 10.1. The lowest BCUT2D eigenvalue weighted by Gasteiger charge is -2.17. The van der Waals surface area contributed by atoms with E-state index in [1.807, 2.05) is 6.92 Å². The standard InChI is InChI=1S/C23H22FN3O3S/c1-17-3-13-22(14-4-17)31(29,30)27(2)16-19-5-9-20(10-6-19)23(28)26-25-15-18-7-11-21(24)12-8-18/h3-15H,16H2,1-2H3,(H,26,28)/b25-15-. The molecule has 3 rings (SSSR count). The predicted octanol–water partition coefficient (Wildman–Crippen LogP) is 3.72. The maximum absolute atomic E-state index is 12.9. The molecular weight excluding hydrogens is 417 g/mol. The molecule has 0 saturated heterocycles. The molecule has 160 valence electrons. The first kappa shape index (κ1) is 22.3. The Morgan fingerprint density at radius 3 is 2.23 bits per heavy atom. The molecule has 0 aliphatic heterocycles. The third-order valence-corrected chi connectivity index (χ3v) is 6.42. The maximum atomic E-state index is 12.9. The SMILES string of the molecule is Cc1ccc(S(=O)(=O)N(C)Cc2ccc(C(=O)N/N=C\c3ccc(F)cc3)cc2)cc1. The third-order valence-electron chi connectivity index (χ3n) is 4.60.